The Kier molecular flexibility index (Phi) is 3.15. The summed E-state index contributed by atoms with van der Waals surface area (Å²) >= 11 is 0. The molecule has 4 nitrogen and oxygen atoms in total. The Balaban J connectivity index is 1.90. The van der Waals surface area contributed by atoms with Gasteiger partial charge in [-0.25, -0.2) is 8.91 Å². The van der Waals surface area contributed by atoms with Crippen LogP contribution in [-0.4, -0.2) is 33.5 Å². The Morgan fingerprint density at radius 3 is 2.65 bits per heavy atom. The van der Waals surface area contributed by atoms with Gasteiger partial charge in [-0.2, -0.15) is 5.10 Å². The van der Waals surface area contributed by atoms with Gasteiger partial charge in [-0.3, -0.25) is 4.79 Å². The van der Waals surface area contributed by atoms with E-state index in [1.165, 1.54) is 12.1 Å². The highest BCUT2D eigenvalue weighted by Crippen LogP contribution is 2.31. The van der Waals surface area contributed by atoms with Crippen molar-refractivity contribution < 1.29 is 9.18 Å². The van der Waals surface area contributed by atoms with Crippen LogP contribution in [-0.2, 0) is 0 Å². The van der Waals surface area contributed by atoms with Crippen molar-refractivity contribution in [3.05, 3.63) is 60.0 Å². The SMILES string of the molecule is CN(C(=O)c1c(-c2ccc(F)cc2)nn2ccccc12)C1CC1. The van der Waals surface area contributed by atoms with Crippen LogP contribution in [0.2, 0.25) is 0 Å². The van der Waals surface area contributed by atoms with E-state index in [0.29, 0.717) is 17.3 Å². The molecule has 0 N–H and O–H groups in total. The second-order valence-electron chi connectivity index (χ2n) is 5.91. The van der Waals surface area contributed by atoms with E-state index in [4.69, 9.17) is 0 Å². The third kappa shape index (κ3) is 2.38. The van der Waals surface area contributed by atoms with Gasteiger partial charge in [-0.1, -0.05) is 6.07 Å². The molecule has 1 aliphatic carbocycles. The number of halogens is 1. The minimum Gasteiger partial charge on any atom is -0.339 e. The molecule has 116 valence electrons. The van der Waals surface area contributed by atoms with E-state index in [1.54, 1.807) is 21.5 Å². The Hall–Kier alpha value is -2.69. The van der Waals surface area contributed by atoms with E-state index in [0.717, 1.165) is 23.9 Å². The highest BCUT2D eigenvalue weighted by molar-refractivity contribution is 6.06. The van der Waals surface area contributed by atoms with Crippen LogP contribution in [0.3, 0.4) is 0 Å². The second-order valence-corrected chi connectivity index (χ2v) is 5.91. The molecule has 4 rings (SSSR count). The Labute approximate surface area is 133 Å². The summed E-state index contributed by atoms with van der Waals surface area (Å²) in [4.78, 5) is 14.7. The zero-order valence-electron chi connectivity index (χ0n) is 12.7. The van der Waals surface area contributed by atoms with Crippen molar-refractivity contribution in [1.29, 1.82) is 0 Å². The Morgan fingerprint density at radius 2 is 1.96 bits per heavy atom. The molecule has 0 aliphatic heterocycles. The highest BCUT2D eigenvalue weighted by Gasteiger charge is 2.33. The number of carbonyl (C=O) groups excluding carboxylic acids is 1. The molecule has 0 bridgehead atoms. The highest BCUT2D eigenvalue weighted by atomic mass is 19.1. The first-order valence-corrected chi connectivity index (χ1v) is 7.65. The molecular weight excluding hydrogens is 293 g/mol. The summed E-state index contributed by atoms with van der Waals surface area (Å²) in [6.45, 7) is 0. The monoisotopic (exact) mass is 309 g/mol. The number of rotatable bonds is 3. The van der Waals surface area contributed by atoms with Crippen LogP contribution >= 0.6 is 0 Å². The maximum atomic E-state index is 13.2. The molecule has 1 aromatic carbocycles. The predicted octanol–water partition coefficient (Wildman–Crippen LogP) is 3.37. The Bertz CT molecular complexity index is 881. The summed E-state index contributed by atoms with van der Waals surface area (Å²) in [5.41, 5.74) is 2.67. The van der Waals surface area contributed by atoms with Crippen molar-refractivity contribution in [3.63, 3.8) is 0 Å². The molecule has 0 unspecified atom stereocenters. The second kappa shape index (κ2) is 5.19. The number of aromatic nitrogens is 2. The summed E-state index contributed by atoms with van der Waals surface area (Å²) in [5.74, 6) is -0.339. The van der Waals surface area contributed by atoms with Gasteiger partial charge in [0.2, 0.25) is 0 Å². The lowest BCUT2D eigenvalue weighted by Gasteiger charge is -2.16. The number of carbonyl (C=O) groups is 1. The number of hydrogen-bond donors (Lipinski definition) is 0. The zero-order valence-corrected chi connectivity index (χ0v) is 12.7. The van der Waals surface area contributed by atoms with Crippen LogP contribution in [0.15, 0.2) is 48.7 Å². The van der Waals surface area contributed by atoms with Crippen molar-refractivity contribution >= 4 is 11.4 Å². The van der Waals surface area contributed by atoms with Gasteiger partial charge in [0.25, 0.3) is 5.91 Å². The summed E-state index contributed by atoms with van der Waals surface area (Å²) in [6, 6.07) is 12.1. The number of fused-ring (bicyclic) bond motifs is 1. The van der Waals surface area contributed by atoms with Crippen molar-refractivity contribution in [2.45, 2.75) is 18.9 Å². The number of pyridine rings is 1. The molecule has 0 saturated heterocycles. The third-order valence-corrected chi connectivity index (χ3v) is 4.29. The van der Waals surface area contributed by atoms with Crippen molar-refractivity contribution in [2.75, 3.05) is 7.05 Å². The molecule has 1 amide bonds. The van der Waals surface area contributed by atoms with Crippen molar-refractivity contribution in [1.82, 2.24) is 14.5 Å². The topological polar surface area (TPSA) is 37.6 Å². The van der Waals surface area contributed by atoms with Crippen LogP contribution in [0, 0.1) is 5.82 Å². The average Bonchev–Trinajstić information content (AvgIpc) is 3.34. The lowest BCUT2D eigenvalue weighted by molar-refractivity contribution is 0.0787. The minimum absolute atomic E-state index is 0.0342. The maximum absolute atomic E-state index is 13.2. The molecular formula is C18H16FN3O. The average molecular weight is 309 g/mol. The van der Waals surface area contributed by atoms with Crippen LogP contribution in [0.1, 0.15) is 23.2 Å². The van der Waals surface area contributed by atoms with Gasteiger partial charge in [0.15, 0.2) is 0 Å². The standard InChI is InChI=1S/C18H16FN3O/c1-21(14-9-10-14)18(23)16-15-4-2-3-11-22(15)20-17(16)12-5-7-13(19)8-6-12/h2-8,11,14H,9-10H2,1H3. The number of benzene rings is 1. The summed E-state index contributed by atoms with van der Waals surface area (Å²) in [5, 5.41) is 4.54. The first kappa shape index (κ1) is 13.9. The fraction of sp³-hybridized carbons (Fsp3) is 0.222. The van der Waals surface area contributed by atoms with E-state index in [-0.39, 0.29) is 11.7 Å². The van der Waals surface area contributed by atoms with E-state index in [1.807, 2.05) is 31.4 Å². The maximum Gasteiger partial charge on any atom is 0.258 e. The molecule has 2 heterocycles. The quantitative estimate of drug-likeness (QED) is 0.744. The first-order valence-electron chi connectivity index (χ1n) is 7.65. The lowest BCUT2D eigenvalue weighted by atomic mass is 10.1. The van der Waals surface area contributed by atoms with Gasteiger partial charge >= 0.3 is 0 Å². The van der Waals surface area contributed by atoms with Gasteiger partial charge in [0.1, 0.15) is 11.5 Å². The van der Waals surface area contributed by atoms with Crippen molar-refractivity contribution in [2.24, 2.45) is 0 Å². The molecule has 5 heteroatoms. The van der Waals surface area contributed by atoms with Gasteiger partial charge in [0.05, 0.1) is 11.1 Å². The van der Waals surface area contributed by atoms with E-state index >= 15 is 0 Å². The van der Waals surface area contributed by atoms with Gasteiger partial charge in [-0.15, -0.1) is 0 Å². The zero-order chi connectivity index (χ0) is 16.0. The van der Waals surface area contributed by atoms with Crippen LogP contribution in [0.25, 0.3) is 16.8 Å². The fourth-order valence-electron chi connectivity index (χ4n) is 2.82. The van der Waals surface area contributed by atoms with Crippen LogP contribution in [0.5, 0.6) is 0 Å². The van der Waals surface area contributed by atoms with Crippen LogP contribution in [0.4, 0.5) is 4.39 Å². The number of amides is 1. The molecule has 0 atom stereocenters. The molecule has 1 aliphatic rings. The largest absolute Gasteiger partial charge is 0.339 e. The van der Waals surface area contributed by atoms with E-state index in [9.17, 15) is 9.18 Å². The molecule has 0 radical (unpaired) electrons. The number of hydrogen-bond acceptors (Lipinski definition) is 2. The minimum atomic E-state index is -0.305. The summed E-state index contributed by atoms with van der Waals surface area (Å²) < 4.78 is 14.9. The van der Waals surface area contributed by atoms with Gasteiger partial charge in [0, 0.05) is 24.8 Å². The summed E-state index contributed by atoms with van der Waals surface area (Å²) in [7, 11) is 1.83. The van der Waals surface area contributed by atoms with Crippen molar-refractivity contribution in [3.8, 4) is 11.3 Å². The molecule has 0 spiro atoms. The van der Waals surface area contributed by atoms with Gasteiger partial charge < -0.3 is 4.90 Å². The molecule has 1 saturated carbocycles. The predicted molar refractivity (Wildman–Crippen MR) is 85.7 cm³/mol. The molecule has 23 heavy (non-hydrogen) atoms. The molecule has 3 aromatic rings. The lowest BCUT2D eigenvalue weighted by Crippen LogP contribution is -2.29. The number of nitrogens with zero attached hydrogens (tertiary/aromatic N) is 3. The first-order chi connectivity index (χ1) is 11.1. The van der Waals surface area contributed by atoms with E-state index < -0.39 is 0 Å². The van der Waals surface area contributed by atoms with E-state index in [2.05, 4.69) is 5.10 Å². The normalized spacial score (nSPS) is 14.2. The molecule has 1 fully saturated rings. The molecule has 2 aromatic heterocycles. The Morgan fingerprint density at radius 1 is 1.22 bits per heavy atom. The fourth-order valence-corrected chi connectivity index (χ4v) is 2.82. The third-order valence-electron chi connectivity index (χ3n) is 4.29. The smallest absolute Gasteiger partial charge is 0.258 e. The van der Waals surface area contributed by atoms with Gasteiger partial charge in [-0.05, 0) is 49.2 Å². The summed E-state index contributed by atoms with van der Waals surface area (Å²) in [6.07, 6.45) is 3.91. The van der Waals surface area contributed by atoms with Crippen LogP contribution < -0.4 is 0 Å².